The van der Waals surface area contributed by atoms with Gasteiger partial charge in [0.05, 0.1) is 5.69 Å². The molecule has 3 aromatic rings. The normalized spacial score (nSPS) is 10.8. The lowest BCUT2D eigenvalue weighted by atomic mass is 10.3. The Kier molecular flexibility index (Phi) is 3.20. The smallest absolute Gasteiger partial charge is 0.300 e. The molecule has 6 heteroatoms. The Morgan fingerprint density at radius 2 is 1.84 bits per heavy atom. The van der Waals surface area contributed by atoms with Gasteiger partial charge in [0.1, 0.15) is 5.52 Å². The first-order valence-electron chi connectivity index (χ1n) is 5.50. The summed E-state index contributed by atoms with van der Waals surface area (Å²) in [6.45, 7) is 0. The molecule has 0 aliphatic rings. The van der Waals surface area contributed by atoms with E-state index in [1.54, 1.807) is 12.1 Å². The molecule has 0 aliphatic carbocycles. The van der Waals surface area contributed by atoms with E-state index in [-0.39, 0.29) is 0 Å². The van der Waals surface area contributed by atoms with E-state index in [0.717, 1.165) is 20.1 Å². The van der Waals surface area contributed by atoms with Crippen molar-refractivity contribution in [1.29, 1.82) is 0 Å². The molecule has 0 spiro atoms. The van der Waals surface area contributed by atoms with Crippen LogP contribution in [0.3, 0.4) is 0 Å². The van der Waals surface area contributed by atoms with E-state index in [2.05, 4.69) is 42.2 Å². The Hall–Kier alpha value is -1.53. The summed E-state index contributed by atoms with van der Waals surface area (Å²) in [6, 6.07) is 11.6. The zero-order valence-corrected chi connectivity index (χ0v) is 12.8. The highest BCUT2D eigenvalue weighted by molar-refractivity contribution is 9.11. The number of rotatable bonds is 2. The van der Waals surface area contributed by atoms with Crippen LogP contribution in [0.1, 0.15) is 0 Å². The first-order valence-corrected chi connectivity index (χ1v) is 7.09. The van der Waals surface area contributed by atoms with Crippen LogP contribution in [0.5, 0.6) is 0 Å². The Morgan fingerprint density at radius 3 is 2.58 bits per heavy atom. The van der Waals surface area contributed by atoms with Gasteiger partial charge in [0.25, 0.3) is 6.01 Å². The van der Waals surface area contributed by atoms with E-state index in [1.165, 1.54) is 0 Å². The van der Waals surface area contributed by atoms with Gasteiger partial charge in [-0.2, -0.15) is 4.98 Å². The van der Waals surface area contributed by atoms with Crippen LogP contribution in [-0.4, -0.2) is 4.98 Å². The van der Waals surface area contributed by atoms with Gasteiger partial charge in [-0.1, -0.05) is 6.07 Å². The van der Waals surface area contributed by atoms with Gasteiger partial charge in [-0.3, -0.25) is 0 Å². The van der Waals surface area contributed by atoms with Crippen LogP contribution in [0.25, 0.3) is 11.1 Å². The van der Waals surface area contributed by atoms with Crippen molar-refractivity contribution in [2.45, 2.75) is 0 Å². The molecule has 1 aromatic heterocycles. The van der Waals surface area contributed by atoms with Gasteiger partial charge in [-0.05, 0) is 56.1 Å². The van der Waals surface area contributed by atoms with Crippen molar-refractivity contribution in [2.75, 3.05) is 11.1 Å². The molecule has 0 aliphatic heterocycles. The number of nitrogens with two attached hydrogens (primary N) is 1. The molecule has 3 N–H and O–H groups in total. The van der Waals surface area contributed by atoms with Gasteiger partial charge >= 0.3 is 0 Å². The number of nitrogens with zero attached hydrogens (tertiary/aromatic N) is 1. The summed E-state index contributed by atoms with van der Waals surface area (Å²) >= 11 is 6.96. The van der Waals surface area contributed by atoms with Crippen LogP contribution >= 0.6 is 31.9 Å². The summed E-state index contributed by atoms with van der Waals surface area (Å²) in [5.41, 5.74) is 8.65. The summed E-state index contributed by atoms with van der Waals surface area (Å²) < 4.78 is 7.46. The monoisotopic (exact) mass is 381 g/mol. The van der Waals surface area contributed by atoms with Crippen LogP contribution in [0.15, 0.2) is 49.8 Å². The molecule has 0 amide bonds. The molecule has 19 heavy (non-hydrogen) atoms. The van der Waals surface area contributed by atoms with Crippen molar-refractivity contribution in [3.05, 3.63) is 45.3 Å². The number of hydrogen-bond acceptors (Lipinski definition) is 4. The Balaban J connectivity index is 2.01. The van der Waals surface area contributed by atoms with Crippen LogP contribution < -0.4 is 11.1 Å². The lowest BCUT2D eigenvalue weighted by Gasteiger charge is -2.06. The number of aromatic nitrogens is 1. The molecule has 4 nitrogen and oxygen atoms in total. The summed E-state index contributed by atoms with van der Waals surface area (Å²) in [5.74, 6) is 0. The van der Waals surface area contributed by atoms with Crippen LogP contribution in [0.2, 0.25) is 0 Å². The number of nitrogens with one attached hydrogen (secondary N) is 1. The highest BCUT2D eigenvalue weighted by Crippen LogP contribution is 2.33. The fourth-order valence-electron chi connectivity index (χ4n) is 1.72. The van der Waals surface area contributed by atoms with E-state index in [4.69, 9.17) is 10.2 Å². The van der Waals surface area contributed by atoms with Gasteiger partial charge in [0.15, 0.2) is 5.58 Å². The van der Waals surface area contributed by atoms with Gasteiger partial charge in [0, 0.05) is 20.7 Å². The number of anilines is 3. The van der Waals surface area contributed by atoms with Gasteiger partial charge < -0.3 is 15.5 Å². The van der Waals surface area contributed by atoms with E-state index < -0.39 is 0 Å². The summed E-state index contributed by atoms with van der Waals surface area (Å²) in [5, 5.41) is 3.14. The van der Waals surface area contributed by atoms with Crippen molar-refractivity contribution >= 4 is 60.3 Å². The average molecular weight is 383 g/mol. The fourth-order valence-corrected chi connectivity index (χ4v) is 2.92. The number of benzene rings is 2. The first-order chi connectivity index (χ1) is 9.13. The lowest BCUT2D eigenvalue weighted by Crippen LogP contribution is -1.92. The number of nitrogen functional groups attached to an aromatic ring is 1. The molecule has 0 saturated carbocycles. The van der Waals surface area contributed by atoms with Crippen LogP contribution in [-0.2, 0) is 0 Å². The van der Waals surface area contributed by atoms with Crippen molar-refractivity contribution < 1.29 is 4.42 Å². The Morgan fingerprint density at radius 1 is 1.11 bits per heavy atom. The SMILES string of the molecule is Nc1ccc2nc(Nc3c(Br)cccc3Br)oc2c1. The van der Waals surface area contributed by atoms with Crippen molar-refractivity contribution in [2.24, 2.45) is 0 Å². The molecule has 1 heterocycles. The van der Waals surface area contributed by atoms with E-state index in [9.17, 15) is 0 Å². The van der Waals surface area contributed by atoms with Crippen molar-refractivity contribution in [1.82, 2.24) is 4.98 Å². The second kappa shape index (κ2) is 4.86. The van der Waals surface area contributed by atoms with Crippen molar-refractivity contribution in [3.8, 4) is 0 Å². The largest absolute Gasteiger partial charge is 0.423 e. The molecule has 0 atom stereocenters. The van der Waals surface area contributed by atoms with Gasteiger partial charge in [0.2, 0.25) is 0 Å². The number of halogens is 2. The topological polar surface area (TPSA) is 64.1 Å². The minimum Gasteiger partial charge on any atom is -0.423 e. The molecule has 3 rings (SSSR count). The molecule has 0 unspecified atom stereocenters. The molecule has 96 valence electrons. The second-order valence-corrected chi connectivity index (χ2v) is 5.68. The summed E-state index contributed by atoms with van der Waals surface area (Å²) in [7, 11) is 0. The van der Waals surface area contributed by atoms with E-state index in [1.807, 2.05) is 24.3 Å². The number of oxazole rings is 1. The maximum Gasteiger partial charge on any atom is 0.300 e. The molecule has 0 radical (unpaired) electrons. The Bertz CT molecular complexity index is 734. The maximum atomic E-state index is 5.71. The quantitative estimate of drug-likeness (QED) is 0.631. The maximum absolute atomic E-state index is 5.71. The predicted octanol–water partition coefficient (Wildman–Crippen LogP) is 4.68. The highest BCUT2D eigenvalue weighted by atomic mass is 79.9. The lowest BCUT2D eigenvalue weighted by molar-refractivity contribution is 0.623. The van der Waals surface area contributed by atoms with Gasteiger partial charge in [-0.25, -0.2) is 0 Å². The van der Waals surface area contributed by atoms with E-state index >= 15 is 0 Å². The third kappa shape index (κ3) is 2.46. The molecular formula is C13H9Br2N3O. The standard InChI is InChI=1S/C13H9Br2N3O/c14-8-2-1-3-9(15)12(8)18-13-17-10-5-4-7(16)6-11(10)19-13/h1-6H,16H2,(H,17,18). The minimum atomic E-state index is 0.424. The number of hydrogen-bond donors (Lipinski definition) is 2. The Labute approximate surface area is 126 Å². The highest BCUT2D eigenvalue weighted by Gasteiger charge is 2.10. The third-order valence-electron chi connectivity index (χ3n) is 2.61. The van der Waals surface area contributed by atoms with Crippen LogP contribution in [0.4, 0.5) is 17.4 Å². The zero-order valence-electron chi connectivity index (χ0n) is 9.65. The summed E-state index contributed by atoms with van der Waals surface area (Å²) in [4.78, 5) is 4.36. The zero-order chi connectivity index (χ0) is 13.4. The number of fused-ring (bicyclic) bond motifs is 1. The summed E-state index contributed by atoms with van der Waals surface area (Å²) in [6.07, 6.45) is 0. The predicted molar refractivity (Wildman–Crippen MR) is 83.5 cm³/mol. The van der Waals surface area contributed by atoms with Gasteiger partial charge in [-0.15, -0.1) is 0 Å². The molecule has 0 bridgehead atoms. The third-order valence-corrected chi connectivity index (χ3v) is 3.93. The second-order valence-electron chi connectivity index (χ2n) is 3.97. The molecule has 0 saturated heterocycles. The molecule has 0 fully saturated rings. The number of para-hydroxylation sites is 1. The fraction of sp³-hybridized carbons (Fsp3) is 0. The molecular weight excluding hydrogens is 374 g/mol. The average Bonchev–Trinajstić information content (AvgIpc) is 2.75. The van der Waals surface area contributed by atoms with Crippen molar-refractivity contribution in [3.63, 3.8) is 0 Å². The molecule has 2 aromatic carbocycles. The van der Waals surface area contributed by atoms with E-state index in [0.29, 0.717) is 17.3 Å². The first kappa shape index (κ1) is 12.5. The minimum absolute atomic E-state index is 0.424. The van der Waals surface area contributed by atoms with Crippen LogP contribution in [0, 0.1) is 0 Å².